The average molecular weight is 298 g/mol. The van der Waals surface area contributed by atoms with Crippen molar-refractivity contribution in [1.82, 2.24) is 9.55 Å². The highest BCUT2D eigenvalue weighted by Gasteiger charge is 2.05. The third-order valence-corrected chi connectivity index (χ3v) is 2.99. The van der Waals surface area contributed by atoms with E-state index in [1.807, 2.05) is 17.7 Å². The molecule has 17 heavy (non-hydrogen) atoms. The van der Waals surface area contributed by atoms with Gasteiger partial charge in [0, 0.05) is 35.5 Å². The molecular formula is C12H13BrFN3. The molecule has 0 amide bonds. The number of imidazole rings is 1. The van der Waals surface area contributed by atoms with Crippen molar-refractivity contribution in [3.05, 3.63) is 46.4 Å². The Balaban J connectivity index is 2.09. The van der Waals surface area contributed by atoms with Crippen molar-refractivity contribution in [1.29, 1.82) is 0 Å². The molecular weight excluding hydrogens is 285 g/mol. The zero-order valence-corrected chi connectivity index (χ0v) is 11.0. The lowest BCUT2D eigenvalue weighted by Gasteiger charge is -2.08. The molecule has 0 saturated carbocycles. The minimum atomic E-state index is -0.213. The number of aryl methyl sites for hydroxylation is 1. The second-order valence-corrected chi connectivity index (χ2v) is 4.54. The standard InChI is InChI=1S/C12H13BrFN3/c1-2-17-6-5-15-12(17)16-8-9-7-10(13)3-4-11(9)14/h3-7H,2,8H2,1H3,(H,15,16). The number of nitrogens with one attached hydrogen (secondary N) is 1. The van der Waals surface area contributed by atoms with Crippen LogP contribution in [-0.4, -0.2) is 9.55 Å². The molecule has 3 nitrogen and oxygen atoms in total. The minimum absolute atomic E-state index is 0.213. The SMILES string of the molecule is CCn1ccnc1NCc1cc(Br)ccc1F. The van der Waals surface area contributed by atoms with Gasteiger partial charge in [0.1, 0.15) is 5.82 Å². The Hall–Kier alpha value is -1.36. The summed E-state index contributed by atoms with van der Waals surface area (Å²) >= 11 is 3.33. The average Bonchev–Trinajstić information content (AvgIpc) is 2.77. The van der Waals surface area contributed by atoms with Gasteiger partial charge in [0.15, 0.2) is 0 Å². The second kappa shape index (κ2) is 5.31. The van der Waals surface area contributed by atoms with Crippen molar-refractivity contribution in [2.45, 2.75) is 20.0 Å². The van der Waals surface area contributed by atoms with Gasteiger partial charge < -0.3 is 9.88 Å². The second-order valence-electron chi connectivity index (χ2n) is 3.63. The maximum absolute atomic E-state index is 13.5. The molecule has 0 radical (unpaired) electrons. The summed E-state index contributed by atoms with van der Waals surface area (Å²) < 4.78 is 16.3. The molecule has 1 N–H and O–H groups in total. The first-order valence-corrected chi connectivity index (χ1v) is 6.19. The fourth-order valence-corrected chi connectivity index (χ4v) is 1.99. The third-order valence-electron chi connectivity index (χ3n) is 2.50. The number of aromatic nitrogens is 2. The number of nitrogens with zero attached hydrogens (tertiary/aromatic N) is 2. The van der Waals surface area contributed by atoms with Crippen LogP contribution in [0.25, 0.3) is 0 Å². The van der Waals surface area contributed by atoms with Gasteiger partial charge in [-0.3, -0.25) is 0 Å². The number of rotatable bonds is 4. The quantitative estimate of drug-likeness (QED) is 0.937. The molecule has 5 heteroatoms. The Morgan fingerprint density at radius 2 is 2.29 bits per heavy atom. The fraction of sp³-hybridized carbons (Fsp3) is 0.250. The summed E-state index contributed by atoms with van der Waals surface area (Å²) in [5, 5.41) is 3.12. The van der Waals surface area contributed by atoms with Crippen LogP contribution in [0.4, 0.5) is 10.3 Å². The monoisotopic (exact) mass is 297 g/mol. The first-order chi connectivity index (χ1) is 8.20. The maximum Gasteiger partial charge on any atom is 0.203 e. The van der Waals surface area contributed by atoms with Crippen molar-refractivity contribution in [3.8, 4) is 0 Å². The van der Waals surface area contributed by atoms with E-state index in [1.54, 1.807) is 18.3 Å². The van der Waals surface area contributed by atoms with E-state index < -0.39 is 0 Å². The third kappa shape index (κ3) is 2.85. The highest BCUT2D eigenvalue weighted by molar-refractivity contribution is 9.10. The molecule has 0 unspecified atom stereocenters. The Kier molecular flexibility index (Phi) is 3.78. The van der Waals surface area contributed by atoms with Crippen LogP contribution in [0.1, 0.15) is 12.5 Å². The van der Waals surface area contributed by atoms with Crippen molar-refractivity contribution >= 4 is 21.9 Å². The molecule has 1 heterocycles. The van der Waals surface area contributed by atoms with Gasteiger partial charge >= 0.3 is 0 Å². The van der Waals surface area contributed by atoms with E-state index in [0.717, 1.165) is 17.0 Å². The zero-order chi connectivity index (χ0) is 12.3. The Labute approximate surface area is 108 Å². The number of halogens is 2. The lowest BCUT2D eigenvalue weighted by atomic mass is 10.2. The first-order valence-electron chi connectivity index (χ1n) is 5.39. The highest BCUT2D eigenvalue weighted by Crippen LogP contribution is 2.16. The van der Waals surface area contributed by atoms with Crippen LogP contribution in [0.5, 0.6) is 0 Å². The Morgan fingerprint density at radius 1 is 1.47 bits per heavy atom. The van der Waals surface area contributed by atoms with Crippen LogP contribution in [0.2, 0.25) is 0 Å². The molecule has 0 aliphatic heterocycles. The van der Waals surface area contributed by atoms with E-state index in [1.165, 1.54) is 6.07 Å². The maximum atomic E-state index is 13.5. The molecule has 0 atom stereocenters. The molecule has 0 bridgehead atoms. The summed E-state index contributed by atoms with van der Waals surface area (Å²) in [5.41, 5.74) is 0.616. The first kappa shape index (κ1) is 12.1. The topological polar surface area (TPSA) is 29.9 Å². The van der Waals surface area contributed by atoms with E-state index in [-0.39, 0.29) is 5.82 Å². The molecule has 2 rings (SSSR count). The molecule has 0 saturated heterocycles. The smallest absolute Gasteiger partial charge is 0.203 e. The van der Waals surface area contributed by atoms with E-state index >= 15 is 0 Å². The van der Waals surface area contributed by atoms with Crippen LogP contribution in [-0.2, 0) is 13.1 Å². The predicted octanol–water partition coefficient (Wildman–Crippen LogP) is 3.42. The number of hydrogen-bond acceptors (Lipinski definition) is 2. The van der Waals surface area contributed by atoms with Gasteiger partial charge in [0.2, 0.25) is 5.95 Å². The molecule has 0 aliphatic carbocycles. The van der Waals surface area contributed by atoms with E-state index in [2.05, 4.69) is 26.2 Å². The summed E-state index contributed by atoms with van der Waals surface area (Å²) in [4.78, 5) is 4.17. The van der Waals surface area contributed by atoms with Crippen LogP contribution in [0.3, 0.4) is 0 Å². The summed E-state index contributed by atoms with van der Waals surface area (Å²) in [7, 11) is 0. The Morgan fingerprint density at radius 3 is 3.06 bits per heavy atom. The van der Waals surface area contributed by atoms with Crippen LogP contribution < -0.4 is 5.32 Å². The fourth-order valence-electron chi connectivity index (χ4n) is 1.58. The van der Waals surface area contributed by atoms with Gasteiger partial charge in [-0.2, -0.15) is 0 Å². The number of anilines is 1. The largest absolute Gasteiger partial charge is 0.351 e. The van der Waals surface area contributed by atoms with Crippen molar-refractivity contribution in [2.75, 3.05) is 5.32 Å². The zero-order valence-electron chi connectivity index (χ0n) is 9.45. The Bertz CT molecular complexity index is 510. The molecule has 1 aromatic heterocycles. The van der Waals surface area contributed by atoms with Gasteiger partial charge in [-0.15, -0.1) is 0 Å². The van der Waals surface area contributed by atoms with Gasteiger partial charge in [-0.25, -0.2) is 9.37 Å². The van der Waals surface area contributed by atoms with Crippen LogP contribution in [0, 0.1) is 5.82 Å². The van der Waals surface area contributed by atoms with Gasteiger partial charge in [0.25, 0.3) is 0 Å². The summed E-state index contributed by atoms with van der Waals surface area (Å²) in [5.74, 6) is 0.544. The van der Waals surface area contributed by atoms with E-state index in [9.17, 15) is 4.39 Å². The number of hydrogen-bond donors (Lipinski definition) is 1. The van der Waals surface area contributed by atoms with Crippen molar-refractivity contribution < 1.29 is 4.39 Å². The van der Waals surface area contributed by atoms with Gasteiger partial charge in [-0.1, -0.05) is 15.9 Å². The lowest BCUT2D eigenvalue weighted by molar-refractivity contribution is 0.612. The minimum Gasteiger partial charge on any atom is -0.351 e. The molecule has 0 spiro atoms. The highest BCUT2D eigenvalue weighted by atomic mass is 79.9. The van der Waals surface area contributed by atoms with E-state index in [4.69, 9.17) is 0 Å². The molecule has 0 aliphatic rings. The lowest BCUT2D eigenvalue weighted by Crippen LogP contribution is -2.07. The normalized spacial score (nSPS) is 10.5. The molecule has 2 aromatic rings. The predicted molar refractivity (Wildman–Crippen MR) is 69.3 cm³/mol. The van der Waals surface area contributed by atoms with Crippen LogP contribution >= 0.6 is 15.9 Å². The van der Waals surface area contributed by atoms with E-state index in [0.29, 0.717) is 12.1 Å². The number of benzene rings is 1. The van der Waals surface area contributed by atoms with Gasteiger partial charge in [-0.05, 0) is 25.1 Å². The summed E-state index contributed by atoms with van der Waals surface area (Å²) in [6.45, 7) is 3.29. The van der Waals surface area contributed by atoms with Crippen molar-refractivity contribution in [2.24, 2.45) is 0 Å². The van der Waals surface area contributed by atoms with Crippen molar-refractivity contribution in [3.63, 3.8) is 0 Å². The molecule has 0 fully saturated rings. The van der Waals surface area contributed by atoms with Crippen LogP contribution in [0.15, 0.2) is 35.1 Å². The molecule has 1 aromatic carbocycles. The molecule has 90 valence electrons. The van der Waals surface area contributed by atoms with Gasteiger partial charge in [0.05, 0.1) is 0 Å². The summed E-state index contributed by atoms with van der Waals surface area (Å²) in [6.07, 6.45) is 3.61. The summed E-state index contributed by atoms with van der Waals surface area (Å²) in [6, 6.07) is 4.90.